The molecule has 1 aliphatic rings. The van der Waals surface area contributed by atoms with E-state index in [0.717, 1.165) is 6.54 Å². The molecular formula is C10H16ClN5OS. The molecule has 0 radical (unpaired) electrons. The minimum absolute atomic E-state index is 0.0993. The van der Waals surface area contributed by atoms with Crippen LogP contribution in [0.25, 0.3) is 0 Å². The van der Waals surface area contributed by atoms with Crippen molar-refractivity contribution < 1.29 is 4.21 Å². The molecule has 2 heterocycles. The van der Waals surface area contributed by atoms with Gasteiger partial charge in [-0.25, -0.2) is 0 Å². The summed E-state index contributed by atoms with van der Waals surface area (Å²) in [4.78, 5) is 9.93. The molecule has 0 amide bonds. The van der Waals surface area contributed by atoms with Crippen molar-refractivity contribution in [3.05, 3.63) is 5.15 Å². The first-order chi connectivity index (χ1) is 8.47. The highest BCUT2D eigenvalue weighted by molar-refractivity contribution is 7.85. The van der Waals surface area contributed by atoms with Crippen LogP contribution in [0.15, 0.2) is 0 Å². The third kappa shape index (κ3) is 2.84. The molecule has 18 heavy (non-hydrogen) atoms. The summed E-state index contributed by atoms with van der Waals surface area (Å²) in [5, 5.41) is 0.163. The van der Waals surface area contributed by atoms with Crippen molar-refractivity contribution >= 4 is 39.9 Å². The Morgan fingerprint density at radius 2 is 2.17 bits per heavy atom. The maximum absolute atomic E-state index is 11.7. The zero-order chi connectivity index (χ0) is 13.3. The maximum atomic E-state index is 11.7. The van der Waals surface area contributed by atoms with E-state index >= 15 is 0 Å². The number of halogens is 1. The van der Waals surface area contributed by atoms with E-state index in [-0.39, 0.29) is 11.1 Å². The average Bonchev–Trinajstić information content (AvgIpc) is 2.44. The van der Waals surface area contributed by atoms with Crippen LogP contribution in [-0.4, -0.2) is 38.8 Å². The van der Waals surface area contributed by atoms with Crippen molar-refractivity contribution in [1.82, 2.24) is 9.97 Å². The van der Waals surface area contributed by atoms with E-state index in [2.05, 4.69) is 16.9 Å². The first-order valence-electron chi connectivity index (χ1n) is 5.65. The van der Waals surface area contributed by atoms with Gasteiger partial charge in [0, 0.05) is 35.4 Å². The fourth-order valence-corrected chi connectivity index (χ4v) is 3.51. The Hall–Kier alpha value is -1.08. The lowest BCUT2D eigenvalue weighted by molar-refractivity contribution is 0.627. The topological polar surface area (TPSA) is 98.1 Å². The highest BCUT2D eigenvalue weighted by atomic mass is 35.5. The van der Waals surface area contributed by atoms with Crippen molar-refractivity contribution in [2.45, 2.75) is 6.92 Å². The SMILES string of the molecule is CC1CN(c2nc(N)nc(Cl)c2N)CCS(=O)C1. The summed E-state index contributed by atoms with van der Waals surface area (Å²) in [5.41, 5.74) is 11.8. The van der Waals surface area contributed by atoms with Crippen LogP contribution < -0.4 is 16.4 Å². The molecule has 1 aromatic rings. The number of hydrogen-bond donors (Lipinski definition) is 2. The van der Waals surface area contributed by atoms with E-state index in [1.165, 1.54) is 0 Å². The third-order valence-corrected chi connectivity index (χ3v) is 4.65. The number of rotatable bonds is 1. The van der Waals surface area contributed by atoms with Crippen LogP contribution in [0.4, 0.5) is 17.5 Å². The Morgan fingerprint density at radius 1 is 1.44 bits per heavy atom. The molecule has 0 saturated carbocycles. The van der Waals surface area contributed by atoms with Crippen LogP contribution in [0, 0.1) is 5.92 Å². The van der Waals surface area contributed by atoms with Crippen LogP contribution in [-0.2, 0) is 10.8 Å². The molecule has 2 unspecified atom stereocenters. The highest BCUT2D eigenvalue weighted by Crippen LogP contribution is 2.29. The Morgan fingerprint density at radius 3 is 2.89 bits per heavy atom. The summed E-state index contributed by atoms with van der Waals surface area (Å²) in [7, 11) is -0.790. The van der Waals surface area contributed by atoms with Crippen LogP contribution >= 0.6 is 11.6 Å². The highest BCUT2D eigenvalue weighted by Gasteiger charge is 2.22. The molecule has 100 valence electrons. The predicted molar refractivity (Wildman–Crippen MR) is 75.1 cm³/mol. The van der Waals surface area contributed by atoms with E-state index < -0.39 is 10.8 Å². The van der Waals surface area contributed by atoms with Gasteiger partial charge in [-0.2, -0.15) is 9.97 Å². The number of nitrogens with two attached hydrogens (primary N) is 2. The second-order valence-corrected chi connectivity index (χ2v) is 6.45. The summed E-state index contributed by atoms with van der Waals surface area (Å²) in [6.45, 7) is 3.43. The molecule has 0 aliphatic carbocycles. The first-order valence-corrected chi connectivity index (χ1v) is 7.52. The quantitative estimate of drug-likeness (QED) is 0.731. The lowest BCUT2D eigenvalue weighted by Crippen LogP contribution is -2.31. The summed E-state index contributed by atoms with van der Waals surface area (Å²) in [6.07, 6.45) is 0. The first kappa shape index (κ1) is 13.4. The van der Waals surface area contributed by atoms with Gasteiger partial charge >= 0.3 is 0 Å². The summed E-state index contributed by atoms with van der Waals surface area (Å²) in [5.74, 6) is 2.25. The van der Waals surface area contributed by atoms with E-state index in [1.54, 1.807) is 0 Å². The monoisotopic (exact) mass is 289 g/mol. The summed E-state index contributed by atoms with van der Waals surface area (Å²) >= 11 is 5.90. The number of nitrogen functional groups attached to an aromatic ring is 2. The molecule has 2 rings (SSSR count). The molecule has 2 atom stereocenters. The van der Waals surface area contributed by atoms with Gasteiger partial charge in [0.15, 0.2) is 11.0 Å². The van der Waals surface area contributed by atoms with E-state index in [4.69, 9.17) is 23.1 Å². The van der Waals surface area contributed by atoms with Gasteiger partial charge in [0.25, 0.3) is 0 Å². The van der Waals surface area contributed by atoms with Gasteiger partial charge in [-0.3, -0.25) is 4.21 Å². The van der Waals surface area contributed by atoms with Gasteiger partial charge in [0.05, 0.1) is 0 Å². The standard InChI is InChI=1S/C10H16ClN5OS/c1-6-4-16(2-3-18(17)5-6)9-7(12)8(11)14-10(13)15-9/h6H,2-5,12H2,1H3,(H2,13,14,15). The Kier molecular flexibility index (Phi) is 3.91. The van der Waals surface area contributed by atoms with Crippen LogP contribution in [0.3, 0.4) is 0 Å². The van der Waals surface area contributed by atoms with Gasteiger partial charge in [0.2, 0.25) is 5.95 Å². The zero-order valence-electron chi connectivity index (χ0n) is 10.1. The van der Waals surface area contributed by atoms with Crippen molar-refractivity contribution in [1.29, 1.82) is 0 Å². The van der Waals surface area contributed by atoms with Gasteiger partial charge in [-0.05, 0) is 5.92 Å². The second-order valence-electron chi connectivity index (χ2n) is 4.47. The Labute approximate surface area is 113 Å². The predicted octanol–water partition coefficient (Wildman–Crippen LogP) is 0.499. The van der Waals surface area contributed by atoms with Crippen molar-refractivity contribution in [3.8, 4) is 0 Å². The van der Waals surface area contributed by atoms with E-state index in [1.807, 2.05) is 4.90 Å². The lowest BCUT2D eigenvalue weighted by Gasteiger charge is -2.24. The summed E-state index contributed by atoms with van der Waals surface area (Å²) in [6, 6.07) is 0. The van der Waals surface area contributed by atoms with E-state index in [9.17, 15) is 4.21 Å². The van der Waals surface area contributed by atoms with Crippen molar-refractivity contribution in [2.24, 2.45) is 5.92 Å². The summed E-state index contributed by atoms with van der Waals surface area (Å²) < 4.78 is 11.7. The van der Waals surface area contributed by atoms with Crippen LogP contribution in [0.2, 0.25) is 5.15 Å². The zero-order valence-corrected chi connectivity index (χ0v) is 11.7. The lowest BCUT2D eigenvalue weighted by atomic mass is 10.2. The fraction of sp³-hybridized carbons (Fsp3) is 0.600. The fourth-order valence-electron chi connectivity index (χ4n) is 2.01. The van der Waals surface area contributed by atoms with Gasteiger partial charge in [-0.1, -0.05) is 18.5 Å². The number of aromatic nitrogens is 2. The van der Waals surface area contributed by atoms with Gasteiger partial charge in [0.1, 0.15) is 5.69 Å². The number of hydrogen-bond acceptors (Lipinski definition) is 6. The van der Waals surface area contributed by atoms with E-state index in [0.29, 0.717) is 35.5 Å². The molecule has 0 spiro atoms. The maximum Gasteiger partial charge on any atom is 0.223 e. The third-order valence-electron chi connectivity index (χ3n) is 2.79. The van der Waals surface area contributed by atoms with Crippen LogP contribution in [0.5, 0.6) is 0 Å². The number of nitrogens with zero attached hydrogens (tertiary/aromatic N) is 3. The molecule has 1 saturated heterocycles. The molecule has 0 aromatic carbocycles. The number of anilines is 3. The van der Waals surface area contributed by atoms with Gasteiger partial charge in [-0.15, -0.1) is 0 Å². The van der Waals surface area contributed by atoms with Gasteiger partial charge < -0.3 is 16.4 Å². The largest absolute Gasteiger partial charge is 0.393 e. The molecule has 1 aliphatic heterocycles. The molecule has 0 bridgehead atoms. The molecule has 1 aromatic heterocycles. The molecular weight excluding hydrogens is 274 g/mol. The molecule has 1 fully saturated rings. The Balaban J connectivity index is 2.33. The Bertz CT molecular complexity index is 484. The average molecular weight is 290 g/mol. The van der Waals surface area contributed by atoms with Crippen molar-refractivity contribution in [3.63, 3.8) is 0 Å². The van der Waals surface area contributed by atoms with Crippen molar-refractivity contribution in [2.75, 3.05) is 41.0 Å². The minimum Gasteiger partial charge on any atom is -0.393 e. The van der Waals surface area contributed by atoms with Crippen LogP contribution in [0.1, 0.15) is 6.92 Å². The molecule has 4 N–H and O–H groups in total. The second kappa shape index (κ2) is 5.27. The molecule has 6 nitrogen and oxygen atoms in total. The smallest absolute Gasteiger partial charge is 0.223 e. The minimum atomic E-state index is -0.790. The normalized spacial score (nSPS) is 24.9. The molecule has 8 heteroatoms.